The fourth-order valence-corrected chi connectivity index (χ4v) is 5.05. The summed E-state index contributed by atoms with van der Waals surface area (Å²) in [5, 5.41) is 25.8. The molecule has 0 heterocycles. The average molecular weight is 588 g/mol. The summed E-state index contributed by atoms with van der Waals surface area (Å²) in [6, 6.07) is 18.5. The number of benzene rings is 3. The zero-order valence-corrected chi connectivity index (χ0v) is 25.2. The first kappa shape index (κ1) is 31.4. The van der Waals surface area contributed by atoms with E-state index >= 15 is 0 Å². The molecule has 4 rings (SSSR count). The Kier molecular flexibility index (Phi) is 9.95. The number of alkyl carbamates (subject to hydrolysis) is 1. The number of nitrogens with zero attached hydrogens (tertiary/aromatic N) is 1. The molecule has 4 N–H and O–H groups in total. The van der Waals surface area contributed by atoms with Crippen molar-refractivity contribution in [2.45, 2.75) is 83.6 Å². The van der Waals surface area contributed by atoms with Crippen LogP contribution in [0.15, 0.2) is 72.8 Å². The largest absolute Gasteiger partial charge is 0.508 e. The Balaban J connectivity index is 1.72. The maximum Gasteiger partial charge on any atom is 0.408 e. The second-order valence-corrected chi connectivity index (χ2v) is 12.1. The molecule has 0 aliphatic heterocycles. The lowest BCUT2D eigenvalue weighted by Crippen LogP contribution is -2.58. The van der Waals surface area contributed by atoms with Gasteiger partial charge in [0.1, 0.15) is 29.2 Å². The van der Waals surface area contributed by atoms with E-state index in [4.69, 9.17) is 4.74 Å². The van der Waals surface area contributed by atoms with Gasteiger partial charge in [-0.25, -0.2) is 4.79 Å². The predicted octanol–water partition coefficient (Wildman–Crippen LogP) is 5.28. The molecule has 1 fully saturated rings. The summed E-state index contributed by atoms with van der Waals surface area (Å²) < 4.78 is 5.50. The quantitative estimate of drug-likeness (QED) is 0.256. The van der Waals surface area contributed by atoms with E-state index in [1.54, 1.807) is 56.9 Å². The summed E-state index contributed by atoms with van der Waals surface area (Å²) in [5.41, 5.74) is 1.97. The Morgan fingerprint density at radius 3 is 2.21 bits per heavy atom. The molecule has 3 aromatic rings. The van der Waals surface area contributed by atoms with E-state index in [-0.39, 0.29) is 36.4 Å². The fraction of sp³-hybridized carbons (Fsp3) is 0.382. The number of aromatic hydroxyl groups is 2. The van der Waals surface area contributed by atoms with E-state index < -0.39 is 29.7 Å². The van der Waals surface area contributed by atoms with Crippen LogP contribution in [-0.4, -0.2) is 50.7 Å². The summed E-state index contributed by atoms with van der Waals surface area (Å²) in [6.45, 7) is 7.23. The van der Waals surface area contributed by atoms with Gasteiger partial charge in [0, 0.05) is 19.0 Å². The topological polar surface area (TPSA) is 128 Å². The summed E-state index contributed by atoms with van der Waals surface area (Å²) in [6.07, 6.45) is 1.70. The van der Waals surface area contributed by atoms with Gasteiger partial charge in [0.25, 0.3) is 0 Å². The van der Waals surface area contributed by atoms with Crippen molar-refractivity contribution in [2.24, 2.45) is 0 Å². The minimum atomic E-state index is -1.05. The molecule has 9 heteroatoms. The molecule has 0 saturated heterocycles. The molecule has 0 bridgehead atoms. The number of phenols is 2. The summed E-state index contributed by atoms with van der Waals surface area (Å²) in [7, 11) is 0. The van der Waals surface area contributed by atoms with Crippen molar-refractivity contribution < 1.29 is 29.3 Å². The predicted molar refractivity (Wildman–Crippen MR) is 163 cm³/mol. The summed E-state index contributed by atoms with van der Waals surface area (Å²) in [4.78, 5) is 43.2. The number of hydrogen-bond donors (Lipinski definition) is 4. The molecular weight excluding hydrogens is 546 g/mol. The van der Waals surface area contributed by atoms with Crippen LogP contribution in [0.5, 0.6) is 11.5 Å². The maximum atomic E-state index is 14.6. The third-order valence-electron chi connectivity index (χ3n) is 7.46. The van der Waals surface area contributed by atoms with E-state index in [2.05, 4.69) is 10.6 Å². The molecular formula is C34H41N3O6. The van der Waals surface area contributed by atoms with E-state index in [0.717, 1.165) is 12.0 Å². The van der Waals surface area contributed by atoms with Crippen molar-refractivity contribution >= 4 is 17.9 Å². The number of nitrogens with one attached hydrogen (secondary N) is 2. The maximum absolute atomic E-state index is 14.6. The minimum absolute atomic E-state index is 0.0840. The van der Waals surface area contributed by atoms with Crippen LogP contribution in [0.25, 0.3) is 0 Å². The highest BCUT2D eigenvalue weighted by Crippen LogP contribution is 2.35. The van der Waals surface area contributed by atoms with Crippen LogP contribution in [0.1, 0.15) is 68.3 Å². The normalized spacial score (nSPS) is 14.6. The van der Waals surface area contributed by atoms with Crippen LogP contribution in [0, 0.1) is 6.92 Å². The van der Waals surface area contributed by atoms with Crippen LogP contribution < -0.4 is 10.6 Å². The van der Waals surface area contributed by atoms with Crippen molar-refractivity contribution in [3.8, 4) is 11.5 Å². The number of ether oxygens (including phenoxy) is 1. The van der Waals surface area contributed by atoms with Crippen LogP contribution >= 0.6 is 0 Å². The Hall–Kier alpha value is -4.53. The highest BCUT2D eigenvalue weighted by molar-refractivity contribution is 5.92. The van der Waals surface area contributed by atoms with E-state index in [0.29, 0.717) is 29.5 Å². The van der Waals surface area contributed by atoms with Gasteiger partial charge >= 0.3 is 6.09 Å². The molecule has 3 amide bonds. The van der Waals surface area contributed by atoms with Crippen LogP contribution in [-0.2, 0) is 27.3 Å². The Bertz CT molecular complexity index is 1410. The molecule has 1 aliphatic rings. The molecule has 2 atom stereocenters. The zero-order valence-electron chi connectivity index (χ0n) is 25.2. The Morgan fingerprint density at radius 1 is 0.953 bits per heavy atom. The molecule has 1 saturated carbocycles. The highest BCUT2D eigenvalue weighted by atomic mass is 16.6. The lowest BCUT2D eigenvalue weighted by Gasteiger charge is -2.43. The van der Waals surface area contributed by atoms with Crippen molar-refractivity contribution in [2.75, 3.05) is 0 Å². The number of hydrogen-bond acceptors (Lipinski definition) is 6. The van der Waals surface area contributed by atoms with Gasteiger partial charge < -0.3 is 30.5 Å². The van der Waals surface area contributed by atoms with Gasteiger partial charge in [0.05, 0.1) is 0 Å². The third-order valence-corrected chi connectivity index (χ3v) is 7.46. The molecule has 0 aromatic heterocycles. The number of amides is 3. The molecule has 2 unspecified atom stereocenters. The molecule has 3 aromatic carbocycles. The zero-order chi connectivity index (χ0) is 31.1. The van der Waals surface area contributed by atoms with E-state index in [9.17, 15) is 24.6 Å². The first-order valence-electron chi connectivity index (χ1n) is 14.6. The Labute approximate surface area is 252 Å². The van der Waals surface area contributed by atoms with E-state index in [1.807, 2.05) is 30.3 Å². The second-order valence-electron chi connectivity index (χ2n) is 12.1. The lowest BCUT2D eigenvalue weighted by molar-refractivity contribution is -0.147. The van der Waals surface area contributed by atoms with Gasteiger partial charge in [-0.2, -0.15) is 0 Å². The van der Waals surface area contributed by atoms with E-state index in [1.165, 1.54) is 18.2 Å². The average Bonchev–Trinajstić information content (AvgIpc) is 2.92. The van der Waals surface area contributed by atoms with Crippen molar-refractivity contribution in [3.05, 3.63) is 95.1 Å². The van der Waals surface area contributed by atoms with Crippen molar-refractivity contribution in [3.63, 3.8) is 0 Å². The first-order valence-corrected chi connectivity index (χ1v) is 14.6. The van der Waals surface area contributed by atoms with Gasteiger partial charge in [-0.15, -0.1) is 0 Å². The lowest BCUT2D eigenvalue weighted by atomic mass is 9.87. The van der Waals surface area contributed by atoms with Crippen LogP contribution in [0.4, 0.5) is 4.79 Å². The molecule has 0 spiro atoms. The SMILES string of the molecule is Cc1cc(C(C(=O)NCc2ccccc2)N(C(=O)C(Cc2ccc(O)cc2)NC(=O)OC(C)(C)C)C2CCC2)ccc1O. The second kappa shape index (κ2) is 13.6. The summed E-state index contributed by atoms with van der Waals surface area (Å²) in [5.74, 6) is -0.616. The smallest absolute Gasteiger partial charge is 0.408 e. The van der Waals surface area contributed by atoms with Gasteiger partial charge in [-0.05, 0) is 93.5 Å². The minimum Gasteiger partial charge on any atom is -0.508 e. The van der Waals surface area contributed by atoms with Gasteiger partial charge in [0.15, 0.2) is 0 Å². The number of carbonyl (C=O) groups excluding carboxylic acids is 3. The standard InChI is InChI=1S/C34H41N3O6/c1-22-19-25(15-18-29(22)39)30(31(40)35-21-24-9-6-5-7-10-24)37(26-11-8-12-26)32(41)28(36-33(42)43-34(2,3)4)20-23-13-16-27(38)17-14-23/h5-7,9-10,13-19,26,28,30,38-39H,8,11-12,20-21H2,1-4H3,(H,35,40)(H,36,42). The first-order chi connectivity index (χ1) is 20.4. The van der Waals surface area contributed by atoms with Gasteiger partial charge in [-0.3, -0.25) is 9.59 Å². The van der Waals surface area contributed by atoms with Crippen molar-refractivity contribution in [1.82, 2.24) is 15.5 Å². The monoisotopic (exact) mass is 587 g/mol. The number of carbonyl (C=O) groups is 3. The molecule has 9 nitrogen and oxygen atoms in total. The number of phenolic OH excluding ortho intramolecular Hbond substituents is 2. The highest BCUT2D eigenvalue weighted by Gasteiger charge is 2.42. The third kappa shape index (κ3) is 8.50. The number of aryl methyl sites for hydroxylation is 1. The molecule has 1 aliphatic carbocycles. The van der Waals surface area contributed by atoms with Crippen molar-refractivity contribution in [1.29, 1.82) is 0 Å². The van der Waals surface area contributed by atoms with Crippen LogP contribution in [0.2, 0.25) is 0 Å². The Morgan fingerprint density at radius 2 is 1.63 bits per heavy atom. The van der Waals surface area contributed by atoms with Crippen LogP contribution in [0.3, 0.4) is 0 Å². The van der Waals surface area contributed by atoms with Gasteiger partial charge in [-0.1, -0.05) is 48.5 Å². The molecule has 43 heavy (non-hydrogen) atoms. The summed E-state index contributed by atoms with van der Waals surface area (Å²) >= 11 is 0. The molecule has 228 valence electrons. The fourth-order valence-electron chi connectivity index (χ4n) is 5.05. The van der Waals surface area contributed by atoms with Gasteiger partial charge in [0.2, 0.25) is 11.8 Å². The molecule has 0 radical (unpaired) electrons. The number of rotatable bonds is 10.